The molecule has 1 aliphatic heterocycles. The van der Waals surface area contributed by atoms with Crippen molar-refractivity contribution in [3.8, 4) is 6.07 Å². The zero-order chi connectivity index (χ0) is 18.0. The van der Waals surface area contributed by atoms with E-state index in [1.807, 2.05) is 25.2 Å². The summed E-state index contributed by atoms with van der Waals surface area (Å²) in [4.78, 5) is 8.91. The molecule has 0 aliphatic carbocycles. The van der Waals surface area contributed by atoms with Gasteiger partial charge in [0.05, 0.1) is 29.0 Å². The first kappa shape index (κ1) is 17.9. The fourth-order valence-corrected chi connectivity index (χ4v) is 3.69. The fraction of sp³-hybridized carbons (Fsp3) is 0.474. The lowest BCUT2D eigenvalue weighted by Crippen LogP contribution is -2.47. The monoisotopic (exact) mass is 358 g/mol. The number of pyridine rings is 1. The van der Waals surface area contributed by atoms with Crippen molar-refractivity contribution in [1.29, 1.82) is 5.26 Å². The van der Waals surface area contributed by atoms with Gasteiger partial charge >= 0.3 is 0 Å². The first-order valence-corrected chi connectivity index (χ1v) is 8.93. The highest BCUT2D eigenvalue weighted by Crippen LogP contribution is 2.30. The Morgan fingerprint density at radius 2 is 2.08 bits per heavy atom. The summed E-state index contributed by atoms with van der Waals surface area (Å²) >= 11 is 6.17. The summed E-state index contributed by atoms with van der Waals surface area (Å²) in [5.41, 5.74) is 2.31. The molecule has 0 spiro atoms. The number of fused-ring (bicyclic) bond motifs is 1. The molecule has 6 heteroatoms. The van der Waals surface area contributed by atoms with E-state index in [2.05, 4.69) is 34.7 Å². The van der Waals surface area contributed by atoms with Gasteiger partial charge in [-0.1, -0.05) is 11.6 Å². The highest BCUT2D eigenvalue weighted by molar-refractivity contribution is 6.31. The van der Waals surface area contributed by atoms with Gasteiger partial charge in [0.15, 0.2) is 0 Å². The summed E-state index contributed by atoms with van der Waals surface area (Å²) in [6.07, 6.45) is 2.15. The number of benzene rings is 1. The molecule has 2 heterocycles. The van der Waals surface area contributed by atoms with Gasteiger partial charge in [-0.15, -0.1) is 0 Å². The van der Waals surface area contributed by atoms with Crippen molar-refractivity contribution >= 4 is 28.2 Å². The Morgan fingerprint density at radius 1 is 1.36 bits per heavy atom. The van der Waals surface area contributed by atoms with Gasteiger partial charge in [0.2, 0.25) is 0 Å². The molecule has 1 fully saturated rings. The van der Waals surface area contributed by atoms with Gasteiger partial charge < -0.3 is 9.64 Å². The second-order valence-corrected chi connectivity index (χ2v) is 7.17. The van der Waals surface area contributed by atoms with Crippen LogP contribution in [0, 0.1) is 11.3 Å². The number of rotatable bonds is 4. The predicted octanol–water partition coefficient (Wildman–Crippen LogP) is 3.31. The molecule has 132 valence electrons. The maximum Gasteiger partial charge on any atom is 0.103 e. The summed E-state index contributed by atoms with van der Waals surface area (Å²) < 4.78 is 5.79. The van der Waals surface area contributed by atoms with Crippen LogP contribution in [0.2, 0.25) is 5.02 Å². The third kappa shape index (κ3) is 4.04. The molecule has 0 saturated carbocycles. The molecule has 0 amide bonds. The van der Waals surface area contributed by atoms with Crippen LogP contribution in [0.1, 0.15) is 19.4 Å². The van der Waals surface area contributed by atoms with Crippen molar-refractivity contribution in [2.45, 2.75) is 26.1 Å². The van der Waals surface area contributed by atoms with E-state index in [1.54, 1.807) is 6.20 Å². The molecule has 25 heavy (non-hydrogen) atoms. The molecule has 1 aliphatic rings. The van der Waals surface area contributed by atoms with Crippen LogP contribution < -0.4 is 4.90 Å². The lowest BCUT2D eigenvalue weighted by atomic mass is 10.1. The standard InChI is InChI=1S/C19H23ClN4O/c1-13-11-24(12-14(2)25-13)7-6-23(3)19-15(9-21)10-22-18-5-4-16(20)8-17(18)19/h4-5,8,10,13-14H,6-7,11-12H2,1-3H3/t13-,14+. The van der Waals surface area contributed by atoms with E-state index in [9.17, 15) is 5.26 Å². The fourth-order valence-electron chi connectivity index (χ4n) is 3.51. The number of morpholine rings is 1. The lowest BCUT2D eigenvalue weighted by Gasteiger charge is -2.36. The van der Waals surface area contributed by atoms with Crippen LogP contribution in [0.25, 0.3) is 10.9 Å². The van der Waals surface area contributed by atoms with Crippen LogP contribution >= 0.6 is 11.6 Å². The smallest absolute Gasteiger partial charge is 0.103 e. The van der Waals surface area contributed by atoms with Gasteiger partial charge in [-0.05, 0) is 32.0 Å². The number of ether oxygens (including phenoxy) is 1. The second kappa shape index (κ2) is 7.57. The molecule has 1 aromatic carbocycles. The van der Waals surface area contributed by atoms with Crippen molar-refractivity contribution in [1.82, 2.24) is 9.88 Å². The molecule has 2 atom stereocenters. The highest BCUT2D eigenvalue weighted by Gasteiger charge is 2.22. The third-order valence-corrected chi connectivity index (χ3v) is 4.79. The van der Waals surface area contributed by atoms with Gasteiger partial charge in [0, 0.05) is 49.8 Å². The minimum absolute atomic E-state index is 0.254. The second-order valence-electron chi connectivity index (χ2n) is 6.73. The zero-order valence-electron chi connectivity index (χ0n) is 14.9. The first-order valence-electron chi connectivity index (χ1n) is 8.55. The Hall–Kier alpha value is -1.87. The number of hydrogen-bond acceptors (Lipinski definition) is 5. The van der Waals surface area contributed by atoms with Crippen molar-refractivity contribution < 1.29 is 4.74 Å². The van der Waals surface area contributed by atoms with Gasteiger partial charge in [-0.25, -0.2) is 0 Å². The number of aromatic nitrogens is 1. The van der Waals surface area contributed by atoms with Crippen molar-refractivity contribution in [2.75, 3.05) is 38.1 Å². The number of anilines is 1. The Labute approximate surface area is 153 Å². The maximum atomic E-state index is 9.51. The van der Waals surface area contributed by atoms with Gasteiger partial charge in [-0.2, -0.15) is 5.26 Å². The Morgan fingerprint density at radius 3 is 2.76 bits per heavy atom. The Kier molecular flexibility index (Phi) is 5.43. The number of nitrogens with zero attached hydrogens (tertiary/aromatic N) is 4. The molecule has 0 unspecified atom stereocenters. The first-order chi connectivity index (χ1) is 12.0. The molecule has 3 rings (SSSR count). The van der Waals surface area contributed by atoms with E-state index in [1.165, 1.54) is 0 Å². The quantitative estimate of drug-likeness (QED) is 0.839. The van der Waals surface area contributed by atoms with E-state index in [-0.39, 0.29) is 12.2 Å². The van der Waals surface area contributed by atoms with E-state index in [0.717, 1.165) is 42.8 Å². The van der Waals surface area contributed by atoms with E-state index in [0.29, 0.717) is 10.6 Å². The molecule has 0 bridgehead atoms. The van der Waals surface area contributed by atoms with E-state index >= 15 is 0 Å². The topological polar surface area (TPSA) is 52.4 Å². The molecule has 5 nitrogen and oxygen atoms in total. The van der Waals surface area contributed by atoms with Gasteiger partial charge in [0.1, 0.15) is 6.07 Å². The molecule has 2 aromatic rings. The zero-order valence-corrected chi connectivity index (χ0v) is 15.6. The Bertz CT molecular complexity index is 794. The van der Waals surface area contributed by atoms with Crippen LogP contribution in [-0.2, 0) is 4.74 Å². The highest BCUT2D eigenvalue weighted by atomic mass is 35.5. The van der Waals surface area contributed by atoms with E-state index < -0.39 is 0 Å². The minimum Gasteiger partial charge on any atom is -0.373 e. The number of likely N-dealkylation sites (N-methyl/N-ethyl adjacent to an activating group) is 1. The number of halogens is 1. The number of nitriles is 1. The largest absolute Gasteiger partial charge is 0.373 e. The normalized spacial score (nSPS) is 21.2. The summed E-state index contributed by atoms with van der Waals surface area (Å²) in [5.74, 6) is 0. The summed E-state index contributed by atoms with van der Waals surface area (Å²) in [6.45, 7) is 7.83. The van der Waals surface area contributed by atoms with Crippen LogP contribution in [0.3, 0.4) is 0 Å². The molecule has 1 aromatic heterocycles. The maximum absolute atomic E-state index is 9.51. The van der Waals surface area contributed by atoms with E-state index in [4.69, 9.17) is 16.3 Å². The molecular formula is C19H23ClN4O. The van der Waals surface area contributed by atoms with Crippen molar-refractivity contribution in [2.24, 2.45) is 0 Å². The Balaban J connectivity index is 1.83. The summed E-state index contributed by atoms with van der Waals surface area (Å²) in [7, 11) is 2.02. The van der Waals surface area contributed by atoms with Crippen LogP contribution in [-0.4, -0.2) is 55.3 Å². The summed E-state index contributed by atoms with van der Waals surface area (Å²) in [6, 6.07) is 7.86. The predicted molar refractivity (Wildman–Crippen MR) is 101 cm³/mol. The average molecular weight is 359 g/mol. The summed E-state index contributed by atoms with van der Waals surface area (Å²) in [5, 5.41) is 11.1. The SMILES string of the molecule is C[C@@H]1CN(CCN(C)c2c(C#N)cnc3ccc(Cl)cc23)C[C@H](C)O1. The lowest BCUT2D eigenvalue weighted by molar-refractivity contribution is -0.0670. The molecular weight excluding hydrogens is 336 g/mol. The molecule has 1 saturated heterocycles. The van der Waals surface area contributed by atoms with Gasteiger partial charge in [-0.3, -0.25) is 9.88 Å². The minimum atomic E-state index is 0.254. The van der Waals surface area contributed by atoms with Crippen molar-refractivity contribution in [3.05, 3.63) is 35.0 Å². The van der Waals surface area contributed by atoms with Crippen LogP contribution in [0.4, 0.5) is 5.69 Å². The van der Waals surface area contributed by atoms with Crippen LogP contribution in [0.5, 0.6) is 0 Å². The van der Waals surface area contributed by atoms with Gasteiger partial charge in [0.25, 0.3) is 0 Å². The molecule has 0 N–H and O–H groups in total. The van der Waals surface area contributed by atoms with Crippen molar-refractivity contribution in [3.63, 3.8) is 0 Å². The molecule has 0 radical (unpaired) electrons. The van der Waals surface area contributed by atoms with Crippen LogP contribution in [0.15, 0.2) is 24.4 Å². The number of hydrogen-bond donors (Lipinski definition) is 0. The third-order valence-electron chi connectivity index (χ3n) is 4.55. The average Bonchev–Trinajstić information content (AvgIpc) is 2.57.